The molecule has 5 aromatic rings. The number of carbonyl (C=O) groups excluding carboxylic acids is 1. The smallest absolute Gasteiger partial charge is 0.326 e. The highest BCUT2D eigenvalue weighted by Gasteiger charge is 2.25. The van der Waals surface area contributed by atoms with Gasteiger partial charge in [0.1, 0.15) is 11.9 Å². The van der Waals surface area contributed by atoms with Crippen molar-refractivity contribution < 1.29 is 14.7 Å². The first-order valence-corrected chi connectivity index (χ1v) is 12.0. The first-order valence-electron chi connectivity index (χ1n) is 11.2. The molecule has 0 saturated heterocycles. The number of nitrogens with one attached hydrogen (secondary N) is 2. The number of hydrogen-bond acceptors (Lipinski definition) is 6. The van der Waals surface area contributed by atoms with Crippen molar-refractivity contribution in [2.45, 2.75) is 12.5 Å². The van der Waals surface area contributed by atoms with Crippen LogP contribution in [0.2, 0.25) is 10.0 Å². The van der Waals surface area contributed by atoms with E-state index in [1.54, 1.807) is 43.0 Å². The Morgan fingerprint density at radius 2 is 1.68 bits per heavy atom. The molecule has 10 heteroatoms. The Bertz CT molecular complexity index is 1640. The fraction of sp³-hybridized carbons (Fsp3) is 0.0741. The minimum atomic E-state index is -1.23. The largest absolute Gasteiger partial charge is 0.480 e. The molecule has 0 spiro atoms. The van der Waals surface area contributed by atoms with Gasteiger partial charge in [-0.15, -0.1) is 0 Å². The van der Waals surface area contributed by atoms with Crippen LogP contribution in [0.25, 0.3) is 21.7 Å². The Balaban J connectivity index is 1.46. The molecule has 2 aromatic carbocycles. The van der Waals surface area contributed by atoms with Crippen molar-refractivity contribution >= 4 is 68.3 Å². The second-order valence-corrected chi connectivity index (χ2v) is 9.03. The summed E-state index contributed by atoms with van der Waals surface area (Å²) in [6.45, 7) is 0. The summed E-state index contributed by atoms with van der Waals surface area (Å²) in [6, 6.07) is 14.5. The van der Waals surface area contributed by atoms with Crippen LogP contribution in [0.4, 0.5) is 11.5 Å². The van der Waals surface area contributed by atoms with Gasteiger partial charge in [0.2, 0.25) is 0 Å². The first kappa shape index (κ1) is 24.4. The lowest BCUT2D eigenvalue weighted by Crippen LogP contribution is -2.42. The molecule has 0 aliphatic heterocycles. The maximum atomic E-state index is 12.8. The summed E-state index contributed by atoms with van der Waals surface area (Å²) in [7, 11) is 0. The van der Waals surface area contributed by atoms with E-state index in [4.69, 9.17) is 23.2 Å². The third-order valence-corrected chi connectivity index (χ3v) is 6.53. The number of benzene rings is 2. The van der Waals surface area contributed by atoms with Gasteiger partial charge in [0.05, 0.1) is 26.8 Å². The molecular formula is C27H19Cl2N5O3. The summed E-state index contributed by atoms with van der Waals surface area (Å²) in [5.74, 6) is -1.24. The topological polar surface area (TPSA) is 117 Å². The molecule has 0 bridgehead atoms. The van der Waals surface area contributed by atoms with E-state index >= 15 is 0 Å². The maximum Gasteiger partial charge on any atom is 0.326 e. The van der Waals surface area contributed by atoms with Crippen LogP contribution in [-0.2, 0) is 11.2 Å². The molecule has 3 N–H and O–H groups in total. The van der Waals surface area contributed by atoms with Crippen molar-refractivity contribution in [1.29, 1.82) is 0 Å². The normalized spacial score (nSPS) is 11.8. The van der Waals surface area contributed by atoms with E-state index in [1.807, 2.05) is 24.3 Å². The van der Waals surface area contributed by atoms with Crippen LogP contribution in [0.5, 0.6) is 0 Å². The number of carboxylic acids is 1. The number of rotatable bonds is 7. The lowest BCUT2D eigenvalue weighted by atomic mass is 9.99. The number of amides is 1. The molecule has 1 amide bonds. The first-order chi connectivity index (χ1) is 17.9. The molecule has 0 aliphatic carbocycles. The fourth-order valence-corrected chi connectivity index (χ4v) is 4.68. The lowest BCUT2D eigenvalue weighted by Gasteiger charge is -2.18. The van der Waals surface area contributed by atoms with E-state index in [2.05, 4.69) is 25.6 Å². The van der Waals surface area contributed by atoms with Gasteiger partial charge < -0.3 is 15.7 Å². The number of pyridine rings is 3. The van der Waals surface area contributed by atoms with Crippen molar-refractivity contribution in [2.75, 3.05) is 5.32 Å². The van der Waals surface area contributed by atoms with Gasteiger partial charge in [0, 0.05) is 42.0 Å². The highest BCUT2D eigenvalue weighted by molar-refractivity contribution is 6.39. The van der Waals surface area contributed by atoms with Crippen molar-refractivity contribution in [3.05, 3.63) is 101 Å². The average molecular weight is 532 g/mol. The van der Waals surface area contributed by atoms with Crippen LogP contribution < -0.4 is 10.6 Å². The standard InChI is InChI=1S/C27H19Cl2N5O3/c28-19-4-1-5-20(29)23(19)26(35)34-22(27(36)37)13-16-6-7-21(24-17(16)3-2-10-31-24)33-25-18-14-30-11-8-15(18)9-12-32-25/h1-12,14,22H,13H2,(H,32,33)(H,34,35)(H,36,37)/t22-/m0/s1. The Kier molecular flexibility index (Phi) is 6.85. The molecule has 0 saturated carbocycles. The third kappa shape index (κ3) is 5.02. The number of fused-ring (bicyclic) bond motifs is 2. The van der Waals surface area contributed by atoms with E-state index in [-0.39, 0.29) is 22.0 Å². The van der Waals surface area contributed by atoms with E-state index in [9.17, 15) is 14.7 Å². The van der Waals surface area contributed by atoms with Gasteiger partial charge in [-0.1, -0.05) is 41.4 Å². The molecule has 0 radical (unpaired) electrons. The predicted molar refractivity (Wildman–Crippen MR) is 144 cm³/mol. The molecule has 0 unspecified atom stereocenters. The van der Waals surface area contributed by atoms with E-state index in [0.717, 1.165) is 16.2 Å². The lowest BCUT2D eigenvalue weighted by molar-refractivity contribution is -0.139. The van der Waals surface area contributed by atoms with Gasteiger partial charge >= 0.3 is 5.97 Å². The summed E-state index contributed by atoms with van der Waals surface area (Å²) in [6.07, 6.45) is 6.84. The highest BCUT2D eigenvalue weighted by Crippen LogP contribution is 2.30. The minimum absolute atomic E-state index is 0.0159. The van der Waals surface area contributed by atoms with Crippen molar-refractivity contribution in [3.8, 4) is 0 Å². The van der Waals surface area contributed by atoms with Crippen LogP contribution in [0.15, 0.2) is 79.4 Å². The summed E-state index contributed by atoms with van der Waals surface area (Å²) >= 11 is 12.3. The SMILES string of the molecule is O=C(N[C@@H](Cc1ccc(Nc2nccc3ccncc23)c2ncccc12)C(=O)O)c1c(Cl)cccc1Cl. The van der Waals surface area contributed by atoms with Gasteiger partial charge in [0.15, 0.2) is 0 Å². The Labute approximate surface area is 221 Å². The minimum Gasteiger partial charge on any atom is -0.480 e. The number of aromatic nitrogens is 3. The molecule has 184 valence electrons. The second-order valence-electron chi connectivity index (χ2n) is 8.22. The number of carboxylic acid groups (broad SMARTS) is 1. The van der Waals surface area contributed by atoms with Crippen molar-refractivity contribution in [2.24, 2.45) is 0 Å². The van der Waals surface area contributed by atoms with Gasteiger partial charge in [-0.2, -0.15) is 0 Å². The average Bonchev–Trinajstić information content (AvgIpc) is 2.89. The summed E-state index contributed by atoms with van der Waals surface area (Å²) in [5, 5.41) is 18.6. The molecular weight excluding hydrogens is 513 g/mol. The second kappa shape index (κ2) is 10.4. The number of hydrogen-bond donors (Lipinski definition) is 3. The number of anilines is 2. The van der Waals surface area contributed by atoms with Gasteiger partial charge in [-0.3, -0.25) is 14.8 Å². The van der Waals surface area contributed by atoms with Crippen LogP contribution in [0.3, 0.4) is 0 Å². The van der Waals surface area contributed by atoms with Gasteiger partial charge in [-0.25, -0.2) is 9.78 Å². The van der Waals surface area contributed by atoms with Crippen molar-refractivity contribution in [1.82, 2.24) is 20.3 Å². The third-order valence-electron chi connectivity index (χ3n) is 5.90. The molecule has 8 nitrogen and oxygen atoms in total. The van der Waals surface area contributed by atoms with Gasteiger partial charge in [0.25, 0.3) is 5.91 Å². The fourth-order valence-electron chi connectivity index (χ4n) is 4.11. The number of halogens is 2. The zero-order valence-corrected chi connectivity index (χ0v) is 20.7. The Morgan fingerprint density at radius 3 is 2.46 bits per heavy atom. The highest BCUT2D eigenvalue weighted by atomic mass is 35.5. The van der Waals surface area contributed by atoms with Crippen LogP contribution in [0, 0.1) is 0 Å². The summed E-state index contributed by atoms with van der Waals surface area (Å²) in [5.41, 5.74) is 2.05. The number of carbonyl (C=O) groups is 2. The summed E-state index contributed by atoms with van der Waals surface area (Å²) in [4.78, 5) is 38.1. The number of aliphatic carboxylic acids is 1. The molecule has 1 atom stereocenters. The maximum absolute atomic E-state index is 12.8. The number of nitrogens with zero attached hydrogens (tertiary/aromatic N) is 3. The zero-order valence-electron chi connectivity index (χ0n) is 19.2. The Hall–Kier alpha value is -4.27. The molecule has 3 aromatic heterocycles. The predicted octanol–water partition coefficient (Wildman–Crippen LogP) is 5.65. The molecule has 3 heterocycles. The van der Waals surface area contributed by atoms with Gasteiger partial charge in [-0.05, 0) is 47.3 Å². The van der Waals surface area contributed by atoms with Crippen LogP contribution in [-0.4, -0.2) is 38.0 Å². The molecule has 5 rings (SSSR count). The summed E-state index contributed by atoms with van der Waals surface area (Å²) < 4.78 is 0. The van der Waals surface area contributed by atoms with E-state index < -0.39 is 17.9 Å². The molecule has 0 fully saturated rings. The molecule has 0 aliphatic rings. The Morgan fingerprint density at radius 1 is 0.892 bits per heavy atom. The monoisotopic (exact) mass is 531 g/mol. The van der Waals surface area contributed by atoms with Crippen LogP contribution in [0.1, 0.15) is 15.9 Å². The van der Waals surface area contributed by atoms with E-state index in [1.165, 1.54) is 12.1 Å². The van der Waals surface area contributed by atoms with E-state index in [0.29, 0.717) is 22.6 Å². The van der Waals surface area contributed by atoms with Crippen LogP contribution >= 0.6 is 23.2 Å². The van der Waals surface area contributed by atoms with Crippen molar-refractivity contribution in [3.63, 3.8) is 0 Å². The zero-order chi connectivity index (χ0) is 25.9. The molecule has 37 heavy (non-hydrogen) atoms. The quantitative estimate of drug-likeness (QED) is 0.248.